The first kappa shape index (κ1) is 17.5. The fourth-order valence-electron chi connectivity index (χ4n) is 2.03. The van der Waals surface area contributed by atoms with Crippen molar-refractivity contribution in [3.05, 3.63) is 57.7 Å². The molecule has 23 heavy (non-hydrogen) atoms. The van der Waals surface area contributed by atoms with E-state index in [1.165, 1.54) is 0 Å². The van der Waals surface area contributed by atoms with E-state index in [1.807, 2.05) is 31.2 Å². The van der Waals surface area contributed by atoms with Gasteiger partial charge in [0.15, 0.2) is 5.78 Å². The number of amides is 1. The first-order valence-electron chi connectivity index (χ1n) is 7.40. The zero-order valence-corrected chi connectivity index (χ0v) is 15.0. The van der Waals surface area contributed by atoms with Crippen molar-refractivity contribution >= 4 is 40.0 Å². The average Bonchev–Trinajstić information content (AvgIpc) is 2.56. The monoisotopic (exact) mass is 423 g/mol. The van der Waals surface area contributed by atoms with Gasteiger partial charge < -0.3 is 10.1 Å². The van der Waals surface area contributed by atoms with Crippen LogP contribution in [0.3, 0.4) is 0 Å². The Morgan fingerprint density at radius 2 is 1.65 bits per heavy atom. The van der Waals surface area contributed by atoms with Crippen molar-refractivity contribution in [1.29, 1.82) is 0 Å². The molecule has 0 aromatic heterocycles. The van der Waals surface area contributed by atoms with Gasteiger partial charge in [-0.2, -0.15) is 0 Å². The van der Waals surface area contributed by atoms with Crippen LogP contribution in [0.15, 0.2) is 48.5 Å². The summed E-state index contributed by atoms with van der Waals surface area (Å²) in [7, 11) is 0. The Labute approximate surface area is 149 Å². The molecule has 0 saturated heterocycles. The fourth-order valence-corrected chi connectivity index (χ4v) is 2.39. The topological polar surface area (TPSA) is 55.4 Å². The summed E-state index contributed by atoms with van der Waals surface area (Å²) in [5.74, 6) is 0.525. The van der Waals surface area contributed by atoms with Crippen molar-refractivity contribution in [1.82, 2.24) is 0 Å². The molecule has 2 rings (SSSR count). The van der Waals surface area contributed by atoms with E-state index in [4.69, 9.17) is 4.74 Å². The number of benzene rings is 2. The van der Waals surface area contributed by atoms with Crippen LogP contribution in [0.1, 0.15) is 30.1 Å². The molecule has 1 amide bonds. The van der Waals surface area contributed by atoms with Crippen LogP contribution in [0, 0.1) is 3.57 Å². The lowest BCUT2D eigenvalue weighted by Crippen LogP contribution is -2.13. The molecular formula is C18H18INO3. The molecule has 0 aliphatic heterocycles. The third-order valence-electron chi connectivity index (χ3n) is 3.19. The van der Waals surface area contributed by atoms with E-state index in [1.54, 1.807) is 24.3 Å². The number of nitrogens with one attached hydrogen (secondary N) is 1. The molecule has 0 unspecified atom stereocenters. The van der Waals surface area contributed by atoms with Crippen LogP contribution in [0.25, 0.3) is 0 Å². The summed E-state index contributed by atoms with van der Waals surface area (Å²) in [6.07, 6.45) is 0.349. The Morgan fingerprint density at radius 1 is 1.00 bits per heavy atom. The van der Waals surface area contributed by atoms with E-state index < -0.39 is 0 Å². The lowest BCUT2D eigenvalue weighted by molar-refractivity contribution is -0.116. The van der Waals surface area contributed by atoms with Crippen LogP contribution >= 0.6 is 22.6 Å². The second kappa shape index (κ2) is 8.67. The van der Waals surface area contributed by atoms with Crippen LogP contribution in [0.5, 0.6) is 5.75 Å². The normalized spacial score (nSPS) is 10.2. The maximum absolute atomic E-state index is 12.1. The van der Waals surface area contributed by atoms with Gasteiger partial charge in [-0.25, -0.2) is 0 Å². The third-order valence-corrected chi connectivity index (χ3v) is 3.91. The van der Waals surface area contributed by atoms with Gasteiger partial charge in [-0.1, -0.05) is 0 Å². The number of rotatable bonds is 7. The molecule has 0 saturated carbocycles. The van der Waals surface area contributed by atoms with Crippen LogP contribution < -0.4 is 10.1 Å². The number of halogens is 1. The van der Waals surface area contributed by atoms with E-state index in [9.17, 15) is 9.59 Å². The van der Waals surface area contributed by atoms with Crippen molar-refractivity contribution < 1.29 is 14.3 Å². The first-order valence-corrected chi connectivity index (χ1v) is 8.48. The van der Waals surface area contributed by atoms with Crippen molar-refractivity contribution in [3.8, 4) is 5.75 Å². The van der Waals surface area contributed by atoms with Crippen LogP contribution in [-0.2, 0) is 4.79 Å². The minimum absolute atomic E-state index is 0.0502. The lowest BCUT2D eigenvalue weighted by Gasteiger charge is -2.06. The van der Waals surface area contributed by atoms with Crippen LogP contribution in [0.2, 0.25) is 0 Å². The largest absolute Gasteiger partial charge is 0.494 e. The minimum Gasteiger partial charge on any atom is -0.494 e. The zero-order valence-electron chi connectivity index (χ0n) is 12.8. The molecule has 0 atom stereocenters. The number of anilines is 1. The molecule has 2 aromatic carbocycles. The van der Waals surface area contributed by atoms with Crippen molar-refractivity contribution in [3.63, 3.8) is 0 Å². The van der Waals surface area contributed by atoms with Gasteiger partial charge in [0.05, 0.1) is 6.61 Å². The highest BCUT2D eigenvalue weighted by Gasteiger charge is 2.10. The van der Waals surface area contributed by atoms with Crippen LogP contribution in [-0.4, -0.2) is 18.3 Å². The summed E-state index contributed by atoms with van der Waals surface area (Å²) >= 11 is 2.20. The van der Waals surface area contributed by atoms with Gasteiger partial charge >= 0.3 is 0 Å². The molecule has 0 heterocycles. The molecule has 0 radical (unpaired) electrons. The third kappa shape index (κ3) is 5.67. The van der Waals surface area contributed by atoms with Gasteiger partial charge in [-0.3, -0.25) is 9.59 Å². The molecule has 0 fully saturated rings. The number of hydrogen-bond donors (Lipinski definition) is 1. The Bertz CT molecular complexity index is 666. The first-order chi connectivity index (χ1) is 11.1. The molecule has 0 spiro atoms. The fraction of sp³-hybridized carbons (Fsp3) is 0.222. The van der Waals surface area contributed by atoms with E-state index in [-0.39, 0.29) is 24.5 Å². The van der Waals surface area contributed by atoms with Gasteiger partial charge in [0, 0.05) is 27.7 Å². The Balaban J connectivity index is 1.83. The maximum Gasteiger partial charge on any atom is 0.224 e. The predicted octanol–water partition coefficient (Wildman–Crippen LogP) is 4.29. The molecule has 5 heteroatoms. The molecule has 0 aliphatic carbocycles. The predicted molar refractivity (Wildman–Crippen MR) is 99.0 cm³/mol. The number of hydrogen-bond acceptors (Lipinski definition) is 3. The quantitative estimate of drug-likeness (QED) is 0.534. The van der Waals surface area contributed by atoms with Crippen molar-refractivity contribution in [2.45, 2.75) is 19.8 Å². The average molecular weight is 423 g/mol. The smallest absolute Gasteiger partial charge is 0.224 e. The molecule has 4 nitrogen and oxygen atoms in total. The van der Waals surface area contributed by atoms with E-state index in [0.717, 1.165) is 15.0 Å². The minimum atomic E-state index is -0.162. The number of carbonyl (C=O) groups excluding carboxylic acids is 2. The second-order valence-corrected chi connectivity index (χ2v) is 6.18. The SMILES string of the molecule is CCOc1ccc(C(=O)CCC(=O)Nc2ccc(I)cc2)cc1. The van der Waals surface area contributed by atoms with Crippen molar-refractivity contribution in [2.75, 3.05) is 11.9 Å². The van der Waals surface area contributed by atoms with E-state index >= 15 is 0 Å². The molecular weight excluding hydrogens is 405 g/mol. The Kier molecular flexibility index (Phi) is 6.58. The molecule has 0 bridgehead atoms. The summed E-state index contributed by atoms with van der Waals surface area (Å²) in [5, 5.41) is 2.79. The molecule has 2 aromatic rings. The lowest BCUT2D eigenvalue weighted by atomic mass is 10.1. The summed E-state index contributed by atoms with van der Waals surface area (Å²) < 4.78 is 6.44. The van der Waals surface area contributed by atoms with Crippen molar-refractivity contribution in [2.24, 2.45) is 0 Å². The number of ether oxygens (including phenoxy) is 1. The standard InChI is InChI=1S/C18H18INO3/c1-2-23-16-9-3-13(4-10-16)17(21)11-12-18(22)20-15-7-5-14(19)6-8-15/h3-10H,2,11-12H2,1H3,(H,20,22). The number of ketones is 1. The van der Waals surface area contributed by atoms with E-state index in [0.29, 0.717) is 12.2 Å². The van der Waals surface area contributed by atoms with Gasteiger partial charge in [-0.05, 0) is 78.0 Å². The van der Waals surface area contributed by atoms with Gasteiger partial charge in [-0.15, -0.1) is 0 Å². The molecule has 120 valence electrons. The van der Waals surface area contributed by atoms with Crippen LogP contribution in [0.4, 0.5) is 5.69 Å². The van der Waals surface area contributed by atoms with Gasteiger partial charge in [0.1, 0.15) is 5.75 Å². The Hall–Kier alpha value is -1.89. The maximum atomic E-state index is 12.1. The molecule has 1 N–H and O–H groups in total. The number of Topliss-reactive ketones (excluding diaryl/α,β-unsaturated/α-hetero) is 1. The summed E-state index contributed by atoms with van der Waals surface area (Å²) in [6.45, 7) is 2.50. The number of carbonyl (C=O) groups is 2. The second-order valence-electron chi connectivity index (χ2n) is 4.94. The molecule has 0 aliphatic rings. The summed E-state index contributed by atoms with van der Waals surface area (Å²) in [5.41, 5.74) is 1.33. The Morgan fingerprint density at radius 3 is 2.26 bits per heavy atom. The van der Waals surface area contributed by atoms with E-state index in [2.05, 4.69) is 27.9 Å². The highest BCUT2D eigenvalue weighted by molar-refractivity contribution is 14.1. The summed E-state index contributed by atoms with van der Waals surface area (Å²) in [4.78, 5) is 24.0. The van der Waals surface area contributed by atoms with Gasteiger partial charge in [0.25, 0.3) is 0 Å². The highest BCUT2D eigenvalue weighted by Crippen LogP contribution is 2.15. The van der Waals surface area contributed by atoms with Gasteiger partial charge in [0.2, 0.25) is 5.91 Å². The summed E-state index contributed by atoms with van der Waals surface area (Å²) in [6, 6.07) is 14.5. The highest BCUT2D eigenvalue weighted by atomic mass is 127. The zero-order chi connectivity index (χ0) is 16.7.